The zero-order chi connectivity index (χ0) is 14.1. The van der Waals surface area contributed by atoms with Gasteiger partial charge in [-0.3, -0.25) is 4.79 Å². The van der Waals surface area contributed by atoms with Crippen LogP contribution in [-0.2, 0) is 9.53 Å². The molecule has 0 amide bonds. The molecule has 0 spiro atoms. The number of aliphatic hydroxyl groups excluding tert-OH is 1. The van der Waals surface area contributed by atoms with E-state index in [1.54, 1.807) is 0 Å². The Morgan fingerprint density at radius 2 is 1.79 bits per heavy atom. The summed E-state index contributed by atoms with van der Waals surface area (Å²) in [5.74, 6) is 0.771. The van der Waals surface area contributed by atoms with E-state index in [1.807, 2.05) is 0 Å². The van der Waals surface area contributed by atoms with Gasteiger partial charge in [0.25, 0.3) is 0 Å². The Morgan fingerprint density at radius 3 is 2.47 bits per heavy atom. The minimum Gasteiger partial charge on any atom is -0.459 e. The lowest BCUT2D eigenvalue weighted by atomic mass is 9.45. The third-order valence-electron chi connectivity index (χ3n) is 6.69. The summed E-state index contributed by atoms with van der Waals surface area (Å²) >= 11 is 0. The third-order valence-corrected chi connectivity index (χ3v) is 6.69. The monoisotopic (exact) mass is 266 g/mol. The third kappa shape index (κ3) is 1.63. The van der Waals surface area contributed by atoms with Gasteiger partial charge in [-0.05, 0) is 49.4 Å². The molecular weight excluding hydrogens is 240 g/mol. The maximum absolute atomic E-state index is 11.8. The predicted molar refractivity (Wildman–Crippen MR) is 72.5 cm³/mol. The molecule has 1 saturated heterocycles. The van der Waals surface area contributed by atoms with Crippen molar-refractivity contribution in [2.45, 2.75) is 71.5 Å². The Balaban J connectivity index is 2.00. The van der Waals surface area contributed by atoms with Crippen LogP contribution in [0.2, 0.25) is 0 Å². The Labute approximate surface area is 115 Å². The number of esters is 1. The van der Waals surface area contributed by atoms with E-state index < -0.39 is 0 Å². The van der Waals surface area contributed by atoms with Crippen LogP contribution in [0.15, 0.2) is 0 Å². The summed E-state index contributed by atoms with van der Waals surface area (Å²) in [6.07, 6.45) is 4.21. The first-order valence-electron chi connectivity index (χ1n) is 7.60. The molecule has 0 aromatic carbocycles. The molecule has 1 N–H and O–H groups in total. The number of rotatable bonds is 0. The maximum atomic E-state index is 11.8. The molecule has 1 unspecified atom stereocenters. The van der Waals surface area contributed by atoms with Crippen LogP contribution in [0.4, 0.5) is 0 Å². The fraction of sp³-hybridized carbons (Fsp3) is 0.938. The van der Waals surface area contributed by atoms with Crippen molar-refractivity contribution < 1.29 is 14.6 Å². The smallest absolute Gasteiger partial charge is 0.306 e. The van der Waals surface area contributed by atoms with E-state index in [9.17, 15) is 9.90 Å². The van der Waals surface area contributed by atoms with Crippen molar-refractivity contribution in [3.63, 3.8) is 0 Å². The van der Waals surface area contributed by atoms with Gasteiger partial charge in [0.1, 0.15) is 5.60 Å². The first kappa shape index (κ1) is 13.4. The first-order chi connectivity index (χ1) is 8.70. The van der Waals surface area contributed by atoms with E-state index in [-0.39, 0.29) is 28.5 Å². The van der Waals surface area contributed by atoms with Crippen LogP contribution in [0.5, 0.6) is 0 Å². The largest absolute Gasteiger partial charge is 0.459 e. The standard InChI is InChI=1S/C16H26O3/c1-14(2)10-5-8-16(4)11(9-13(18)19-16)15(10,3)7-6-12(14)17/h10-12,17H,5-9H2,1-4H3/t10-,11+,12?,15-,16+/m0/s1. The number of ether oxygens (including phenoxy) is 1. The molecule has 5 atom stereocenters. The molecular formula is C16H26O3. The Bertz CT molecular complexity index is 416. The van der Waals surface area contributed by atoms with Crippen molar-refractivity contribution in [2.75, 3.05) is 0 Å². The molecule has 3 nitrogen and oxygen atoms in total. The van der Waals surface area contributed by atoms with Gasteiger partial charge in [-0.1, -0.05) is 20.8 Å². The number of carbonyl (C=O) groups is 1. The molecule has 2 saturated carbocycles. The van der Waals surface area contributed by atoms with Crippen LogP contribution in [0.25, 0.3) is 0 Å². The number of aliphatic hydroxyl groups is 1. The van der Waals surface area contributed by atoms with Crippen molar-refractivity contribution in [3.05, 3.63) is 0 Å². The van der Waals surface area contributed by atoms with Crippen LogP contribution in [0, 0.1) is 22.7 Å². The van der Waals surface area contributed by atoms with E-state index in [1.165, 1.54) is 0 Å². The Hall–Kier alpha value is -0.570. The van der Waals surface area contributed by atoms with Gasteiger partial charge < -0.3 is 9.84 Å². The van der Waals surface area contributed by atoms with Crippen LogP contribution >= 0.6 is 0 Å². The number of carbonyl (C=O) groups excluding carboxylic acids is 1. The molecule has 108 valence electrons. The van der Waals surface area contributed by atoms with Crippen LogP contribution in [-0.4, -0.2) is 22.8 Å². The van der Waals surface area contributed by atoms with Gasteiger partial charge in [-0.25, -0.2) is 0 Å². The van der Waals surface area contributed by atoms with Crippen LogP contribution in [0.1, 0.15) is 59.8 Å². The molecule has 2 aliphatic carbocycles. The van der Waals surface area contributed by atoms with Gasteiger partial charge in [0.05, 0.1) is 12.5 Å². The van der Waals surface area contributed by atoms with E-state index in [0.29, 0.717) is 18.3 Å². The molecule has 0 aromatic heterocycles. The Kier molecular flexibility index (Phi) is 2.65. The average molecular weight is 266 g/mol. The average Bonchev–Trinajstić information content (AvgIpc) is 2.61. The highest BCUT2D eigenvalue weighted by atomic mass is 16.6. The summed E-state index contributed by atoms with van der Waals surface area (Å²) in [5, 5.41) is 10.3. The predicted octanol–water partition coefficient (Wildman–Crippen LogP) is 2.91. The molecule has 0 radical (unpaired) electrons. The molecule has 3 fully saturated rings. The van der Waals surface area contributed by atoms with Crippen molar-refractivity contribution in [2.24, 2.45) is 22.7 Å². The van der Waals surface area contributed by atoms with E-state index in [4.69, 9.17) is 4.74 Å². The molecule has 19 heavy (non-hydrogen) atoms. The lowest BCUT2D eigenvalue weighted by molar-refractivity contribution is -0.183. The second-order valence-electron chi connectivity index (χ2n) is 8.02. The zero-order valence-corrected chi connectivity index (χ0v) is 12.5. The fourth-order valence-electron chi connectivity index (χ4n) is 5.54. The summed E-state index contributed by atoms with van der Waals surface area (Å²) in [6.45, 7) is 8.83. The zero-order valence-electron chi connectivity index (χ0n) is 12.5. The minimum absolute atomic E-state index is 0.0293. The van der Waals surface area contributed by atoms with Gasteiger partial charge in [0.15, 0.2) is 0 Å². The number of hydrogen-bond donors (Lipinski definition) is 1. The van der Waals surface area contributed by atoms with Crippen LogP contribution < -0.4 is 0 Å². The topological polar surface area (TPSA) is 46.5 Å². The van der Waals surface area contributed by atoms with Crippen molar-refractivity contribution in [1.82, 2.24) is 0 Å². The van der Waals surface area contributed by atoms with Gasteiger partial charge in [0.2, 0.25) is 0 Å². The fourth-order valence-corrected chi connectivity index (χ4v) is 5.54. The van der Waals surface area contributed by atoms with Crippen LogP contribution in [0.3, 0.4) is 0 Å². The number of fused-ring (bicyclic) bond motifs is 3. The lowest BCUT2D eigenvalue weighted by Crippen LogP contribution is -2.59. The summed E-state index contributed by atoms with van der Waals surface area (Å²) in [5.41, 5.74) is -0.192. The van der Waals surface area contributed by atoms with Gasteiger partial charge in [-0.2, -0.15) is 0 Å². The summed E-state index contributed by atoms with van der Waals surface area (Å²) in [6, 6.07) is 0. The van der Waals surface area contributed by atoms with Gasteiger partial charge >= 0.3 is 5.97 Å². The van der Waals surface area contributed by atoms with Crippen molar-refractivity contribution in [1.29, 1.82) is 0 Å². The van der Waals surface area contributed by atoms with Gasteiger partial charge in [-0.15, -0.1) is 0 Å². The summed E-state index contributed by atoms with van der Waals surface area (Å²) in [4.78, 5) is 11.8. The molecule has 3 rings (SSSR count). The Morgan fingerprint density at radius 1 is 1.11 bits per heavy atom. The number of hydrogen-bond acceptors (Lipinski definition) is 3. The van der Waals surface area contributed by atoms with Crippen molar-refractivity contribution in [3.8, 4) is 0 Å². The maximum Gasteiger partial charge on any atom is 0.306 e. The van der Waals surface area contributed by atoms with E-state index in [0.717, 1.165) is 25.7 Å². The quantitative estimate of drug-likeness (QED) is 0.686. The molecule has 3 heteroatoms. The van der Waals surface area contributed by atoms with E-state index in [2.05, 4.69) is 27.7 Å². The van der Waals surface area contributed by atoms with E-state index >= 15 is 0 Å². The summed E-state index contributed by atoms with van der Waals surface area (Å²) < 4.78 is 5.66. The molecule has 1 heterocycles. The molecule has 3 aliphatic rings. The first-order valence-corrected chi connectivity index (χ1v) is 7.60. The molecule has 0 aromatic rings. The summed E-state index contributed by atoms with van der Waals surface area (Å²) in [7, 11) is 0. The van der Waals surface area contributed by atoms with Crippen molar-refractivity contribution >= 4 is 5.97 Å². The highest BCUT2D eigenvalue weighted by molar-refractivity contribution is 5.73. The second kappa shape index (κ2) is 3.75. The highest BCUT2D eigenvalue weighted by Gasteiger charge is 2.64. The molecule has 0 bridgehead atoms. The highest BCUT2D eigenvalue weighted by Crippen LogP contribution is 2.64. The lowest BCUT2D eigenvalue weighted by Gasteiger charge is -2.60. The molecule has 1 aliphatic heterocycles. The second-order valence-corrected chi connectivity index (χ2v) is 8.02. The SMILES string of the molecule is CC1(C)C(O)CC[C@]2(C)[C@H]3CC(=O)O[C@]3(C)CC[C@@H]12. The normalized spacial score (nSPS) is 52.3. The van der Waals surface area contributed by atoms with Gasteiger partial charge in [0, 0.05) is 5.92 Å². The minimum atomic E-state index is -0.263.